The Morgan fingerprint density at radius 1 is 0.789 bits per heavy atom. The van der Waals surface area contributed by atoms with Crippen LogP contribution in [0.15, 0.2) is 48.5 Å². The van der Waals surface area contributed by atoms with Crippen molar-refractivity contribution in [3.8, 4) is 11.8 Å². The minimum absolute atomic E-state index is 0.0318. The molecule has 2 aromatic rings. The predicted octanol–water partition coefficient (Wildman–Crippen LogP) is 7.68. The van der Waals surface area contributed by atoms with Gasteiger partial charge in [0.05, 0.1) is 12.2 Å². The number of carbonyl (C=O) groups excluding carboxylic acids is 2. The van der Waals surface area contributed by atoms with Crippen molar-refractivity contribution in [1.82, 2.24) is 4.90 Å². The quantitative estimate of drug-likeness (QED) is 0.116. The molecular formula is C31H38F3NO3. The monoisotopic (exact) mass is 529 g/mol. The molecule has 0 aliphatic carbocycles. The maximum Gasteiger partial charge on any atom is 0.416 e. The van der Waals surface area contributed by atoms with E-state index in [0.717, 1.165) is 36.1 Å². The van der Waals surface area contributed by atoms with Crippen LogP contribution in [0.4, 0.5) is 13.2 Å². The van der Waals surface area contributed by atoms with Crippen LogP contribution in [-0.4, -0.2) is 23.4 Å². The van der Waals surface area contributed by atoms with E-state index in [1.165, 1.54) is 62.0 Å². The van der Waals surface area contributed by atoms with Crippen molar-refractivity contribution in [1.29, 1.82) is 0 Å². The Kier molecular flexibility index (Phi) is 13.5. The minimum Gasteiger partial charge on any atom is -0.459 e. The largest absolute Gasteiger partial charge is 0.459 e. The van der Waals surface area contributed by atoms with E-state index in [9.17, 15) is 22.8 Å². The van der Waals surface area contributed by atoms with Crippen LogP contribution < -0.4 is 0 Å². The first kappa shape index (κ1) is 31.0. The van der Waals surface area contributed by atoms with Gasteiger partial charge in [0.15, 0.2) is 0 Å². The molecule has 0 unspecified atom stereocenters. The molecule has 206 valence electrons. The molecule has 4 nitrogen and oxygen atoms in total. The Hall–Kier alpha value is -3.27. The summed E-state index contributed by atoms with van der Waals surface area (Å²) in [6.07, 6.45) is 6.48. The number of alkyl halides is 3. The van der Waals surface area contributed by atoms with Crippen molar-refractivity contribution >= 4 is 11.9 Å². The Morgan fingerprint density at radius 2 is 1.32 bits per heavy atom. The molecule has 0 fully saturated rings. The van der Waals surface area contributed by atoms with Crippen LogP contribution in [0.3, 0.4) is 0 Å². The second-order valence-corrected chi connectivity index (χ2v) is 9.30. The van der Waals surface area contributed by atoms with Gasteiger partial charge >= 0.3 is 18.1 Å². The first-order valence-electron chi connectivity index (χ1n) is 13.4. The highest BCUT2D eigenvalue weighted by Crippen LogP contribution is 2.29. The Balaban J connectivity index is 1.95. The standard InChI is InChI=1S/C31H38F3NO3/c1-3-5-6-7-8-9-10-11-12-13-14-25-15-17-26(18-16-25)23-35(29(36)30(37)38-4-2)24-27-19-21-28(22-20-27)31(32,33)34/h15-22H,3-12,23-24H2,1-2H3. The number of amides is 1. The van der Waals surface area contributed by atoms with E-state index in [0.29, 0.717) is 5.56 Å². The third-order valence-electron chi connectivity index (χ3n) is 6.11. The number of ether oxygens (including phenoxy) is 1. The van der Waals surface area contributed by atoms with Gasteiger partial charge < -0.3 is 9.64 Å². The van der Waals surface area contributed by atoms with Crippen LogP contribution >= 0.6 is 0 Å². The summed E-state index contributed by atoms with van der Waals surface area (Å²) in [7, 11) is 0. The van der Waals surface area contributed by atoms with E-state index in [1.54, 1.807) is 6.92 Å². The van der Waals surface area contributed by atoms with Gasteiger partial charge in [0.1, 0.15) is 0 Å². The van der Waals surface area contributed by atoms with Crippen LogP contribution in [0.5, 0.6) is 0 Å². The topological polar surface area (TPSA) is 46.6 Å². The van der Waals surface area contributed by atoms with Gasteiger partial charge in [-0.05, 0) is 48.7 Å². The summed E-state index contributed by atoms with van der Waals surface area (Å²) in [6, 6.07) is 11.9. The van der Waals surface area contributed by atoms with Gasteiger partial charge in [0, 0.05) is 25.1 Å². The number of benzene rings is 2. The van der Waals surface area contributed by atoms with Crippen LogP contribution in [0.2, 0.25) is 0 Å². The molecule has 0 spiro atoms. The molecule has 1 amide bonds. The van der Waals surface area contributed by atoms with Gasteiger partial charge in [-0.3, -0.25) is 4.79 Å². The fourth-order valence-corrected chi connectivity index (χ4v) is 3.97. The van der Waals surface area contributed by atoms with E-state index in [-0.39, 0.29) is 19.7 Å². The van der Waals surface area contributed by atoms with E-state index in [2.05, 4.69) is 18.8 Å². The Bertz CT molecular complexity index is 1050. The molecule has 0 radical (unpaired) electrons. The first-order chi connectivity index (χ1) is 18.2. The lowest BCUT2D eigenvalue weighted by molar-refractivity contribution is -0.160. The number of hydrogen-bond acceptors (Lipinski definition) is 3. The lowest BCUT2D eigenvalue weighted by Crippen LogP contribution is -2.36. The summed E-state index contributed by atoms with van der Waals surface area (Å²) >= 11 is 0. The number of esters is 1. The molecule has 0 saturated carbocycles. The highest BCUT2D eigenvalue weighted by atomic mass is 19.4. The fraction of sp³-hybridized carbons (Fsp3) is 0.484. The molecule has 2 rings (SSSR count). The Labute approximate surface area is 224 Å². The van der Waals surface area contributed by atoms with E-state index >= 15 is 0 Å². The molecule has 0 N–H and O–H groups in total. The highest BCUT2D eigenvalue weighted by molar-refractivity contribution is 6.32. The maximum atomic E-state index is 12.9. The molecule has 0 atom stereocenters. The van der Waals surface area contributed by atoms with Gasteiger partial charge in [-0.1, -0.05) is 88.0 Å². The Morgan fingerprint density at radius 3 is 1.84 bits per heavy atom. The van der Waals surface area contributed by atoms with Crippen molar-refractivity contribution in [3.05, 3.63) is 70.8 Å². The van der Waals surface area contributed by atoms with E-state index in [4.69, 9.17) is 4.74 Å². The molecule has 0 aliphatic rings. The maximum absolute atomic E-state index is 12.9. The number of unbranched alkanes of at least 4 members (excludes halogenated alkanes) is 8. The summed E-state index contributed by atoms with van der Waals surface area (Å²) in [5.41, 5.74) is 1.32. The van der Waals surface area contributed by atoms with Gasteiger partial charge in [-0.2, -0.15) is 13.2 Å². The minimum atomic E-state index is -4.45. The summed E-state index contributed by atoms with van der Waals surface area (Å²) in [5, 5.41) is 0. The molecule has 7 heteroatoms. The molecule has 0 aliphatic heterocycles. The molecular weight excluding hydrogens is 491 g/mol. The third kappa shape index (κ3) is 11.4. The second kappa shape index (κ2) is 16.5. The average Bonchev–Trinajstić information content (AvgIpc) is 2.89. The number of hydrogen-bond donors (Lipinski definition) is 0. The number of nitrogens with zero attached hydrogens (tertiary/aromatic N) is 1. The molecule has 0 saturated heterocycles. The molecule has 2 aromatic carbocycles. The lowest BCUT2D eigenvalue weighted by Gasteiger charge is -2.22. The molecule has 0 aromatic heterocycles. The highest BCUT2D eigenvalue weighted by Gasteiger charge is 2.30. The number of rotatable bonds is 13. The summed E-state index contributed by atoms with van der Waals surface area (Å²) in [4.78, 5) is 26.1. The zero-order chi connectivity index (χ0) is 27.8. The zero-order valence-corrected chi connectivity index (χ0v) is 22.4. The van der Waals surface area contributed by atoms with Crippen molar-refractivity contribution < 1.29 is 27.5 Å². The van der Waals surface area contributed by atoms with Crippen LogP contribution in [0, 0.1) is 11.8 Å². The van der Waals surface area contributed by atoms with E-state index < -0.39 is 23.6 Å². The zero-order valence-electron chi connectivity index (χ0n) is 22.4. The van der Waals surface area contributed by atoms with Crippen LogP contribution in [0.1, 0.15) is 93.9 Å². The lowest BCUT2D eigenvalue weighted by atomic mass is 10.1. The fourth-order valence-electron chi connectivity index (χ4n) is 3.97. The van der Waals surface area contributed by atoms with E-state index in [1.807, 2.05) is 24.3 Å². The smallest absolute Gasteiger partial charge is 0.416 e. The van der Waals surface area contributed by atoms with Crippen LogP contribution in [-0.2, 0) is 33.6 Å². The van der Waals surface area contributed by atoms with Gasteiger partial charge in [-0.15, -0.1) is 0 Å². The van der Waals surface area contributed by atoms with Crippen molar-refractivity contribution in [2.45, 2.75) is 90.9 Å². The molecule has 38 heavy (non-hydrogen) atoms. The second-order valence-electron chi connectivity index (χ2n) is 9.30. The van der Waals surface area contributed by atoms with Crippen molar-refractivity contribution in [2.75, 3.05) is 6.61 Å². The van der Waals surface area contributed by atoms with Gasteiger partial charge in [-0.25, -0.2) is 4.79 Å². The summed E-state index contributed by atoms with van der Waals surface area (Å²) in [6.45, 7) is 3.94. The van der Waals surface area contributed by atoms with Crippen molar-refractivity contribution in [3.63, 3.8) is 0 Å². The molecule has 0 heterocycles. The number of halogens is 3. The molecule has 0 bridgehead atoms. The summed E-state index contributed by atoms with van der Waals surface area (Å²) < 4.78 is 43.5. The third-order valence-corrected chi connectivity index (χ3v) is 6.11. The normalized spacial score (nSPS) is 11.0. The van der Waals surface area contributed by atoms with Crippen LogP contribution in [0.25, 0.3) is 0 Å². The first-order valence-corrected chi connectivity index (χ1v) is 13.4. The average molecular weight is 530 g/mol. The summed E-state index contributed by atoms with van der Waals surface area (Å²) in [5.74, 6) is 4.53. The van der Waals surface area contributed by atoms with Gasteiger partial charge in [0.2, 0.25) is 0 Å². The predicted molar refractivity (Wildman–Crippen MR) is 143 cm³/mol. The van der Waals surface area contributed by atoms with Crippen molar-refractivity contribution in [2.24, 2.45) is 0 Å². The SMILES string of the molecule is CCCCCCCCCCC#Cc1ccc(CN(Cc2ccc(C(F)(F)F)cc2)C(=O)C(=O)OCC)cc1. The number of carbonyl (C=O) groups is 2. The van der Waals surface area contributed by atoms with Gasteiger partial charge in [0.25, 0.3) is 0 Å².